The molecule has 0 spiro atoms. The molecule has 2 heteroatoms. The first-order chi connectivity index (χ1) is 5.45. The van der Waals surface area contributed by atoms with Gasteiger partial charge in [0.15, 0.2) is 0 Å². The topological polar surface area (TPSA) is 25.8 Å². The molecule has 3 rings (SSSR count). The zero-order valence-corrected chi connectivity index (χ0v) is 6.33. The van der Waals surface area contributed by atoms with Gasteiger partial charge in [-0.2, -0.15) is 0 Å². The molecule has 2 bridgehead atoms. The van der Waals surface area contributed by atoms with Crippen LogP contribution in [0.5, 0.6) is 0 Å². The molecular weight excluding hydrogens is 136 g/mol. The lowest BCUT2D eigenvalue weighted by molar-refractivity contribution is 0.691. The van der Waals surface area contributed by atoms with Gasteiger partial charge in [-0.15, -0.1) is 0 Å². The number of fused-ring (bicyclic) bond motifs is 5. The Kier molecular flexibility index (Phi) is 0.939. The molecule has 0 aliphatic heterocycles. The summed E-state index contributed by atoms with van der Waals surface area (Å²) in [5, 5.41) is 0. The van der Waals surface area contributed by atoms with E-state index in [1.165, 1.54) is 30.5 Å². The Morgan fingerprint density at radius 1 is 1.27 bits per heavy atom. The lowest BCUT2D eigenvalue weighted by Crippen LogP contribution is -2.00. The fraction of sp³-hybridized carbons (Fsp3) is 0.556. The van der Waals surface area contributed by atoms with Crippen molar-refractivity contribution in [3.05, 3.63) is 23.8 Å². The molecule has 56 valence electrons. The second kappa shape index (κ2) is 1.81. The average molecular weight is 146 g/mol. The van der Waals surface area contributed by atoms with Crippen LogP contribution in [0, 0.1) is 0 Å². The van der Waals surface area contributed by atoms with E-state index in [0.29, 0.717) is 0 Å². The smallest absolute Gasteiger partial charge is 0.115 e. The molecule has 1 fully saturated rings. The van der Waals surface area contributed by atoms with Crippen LogP contribution in [-0.4, -0.2) is 9.97 Å². The van der Waals surface area contributed by atoms with Gasteiger partial charge >= 0.3 is 0 Å². The summed E-state index contributed by atoms with van der Waals surface area (Å²) in [6.07, 6.45) is 7.75. The highest BCUT2D eigenvalue weighted by Gasteiger charge is 2.37. The van der Waals surface area contributed by atoms with Crippen molar-refractivity contribution in [2.24, 2.45) is 0 Å². The van der Waals surface area contributed by atoms with Gasteiger partial charge in [-0.3, -0.25) is 0 Å². The van der Waals surface area contributed by atoms with E-state index < -0.39 is 0 Å². The highest BCUT2D eigenvalue weighted by atomic mass is 14.8. The Balaban J connectivity index is 2.23. The zero-order chi connectivity index (χ0) is 7.26. The highest BCUT2D eigenvalue weighted by molar-refractivity contribution is 5.33. The largest absolute Gasteiger partial charge is 0.245 e. The maximum Gasteiger partial charge on any atom is 0.115 e. The quantitative estimate of drug-likeness (QED) is 0.558. The predicted octanol–water partition coefficient (Wildman–Crippen LogP) is 1.84. The van der Waals surface area contributed by atoms with Crippen molar-refractivity contribution in [3.63, 3.8) is 0 Å². The minimum absolute atomic E-state index is 0.776. The molecule has 0 radical (unpaired) electrons. The van der Waals surface area contributed by atoms with Gasteiger partial charge in [-0.25, -0.2) is 9.97 Å². The molecule has 11 heavy (non-hydrogen) atoms. The van der Waals surface area contributed by atoms with Crippen LogP contribution in [0.15, 0.2) is 12.5 Å². The normalized spacial score (nSPS) is 32.4. The molecule has 1 aromatic rings. The van der Waals surface area contributed by atoms with Gasteiger partial charge in [-0.1, -0.05) is 0 Å². The van der Waals surface area contributed by atoms with Crippen LogP contribution in [0.1, 0.15) is 42.4 Å². The summed E-state index contributed by atoms with van der Waals surface area (Å²) in [7, 11) is 0. The lowest BCUT2D eigenvalue weighted by atomic mass is 9.98. The van der Waals surface area contributed by atoms with Crippen LogP contribution in [0.2, 0.25) is 0 Å². The Bertz CT molecular complexity index is 266. The molecule has 1 aromatic heterocycles. The van der Waals surface area contributed by atoms with E-state index in [0.717, 1.165) is 11.8 Å². The fourth-order valence-corrected chi connectivity index (χ4v) is 2.52. The number of nitrogens with zero attached hydrogens (tertiary/aromatic N) is 2. The van der Waals surface area contributed by atoms with E-state index in [1.54, 1.807) is 6.33 Å². The maximum atomic E-state index is 4.33. The second-order valence-corrected chi connectivity index (χ2v) is 3.57. The van der Waals surface area contributed by atoms with Crippen LogP contribution in [0.3, 0.4) is 0 Å². The lowest BCUT2D eigenvalue weighted by Gasteiger charge is -2.11. The van der Waals surface area contributed by atoms with Crippen LogP contribution < -0.4 is 0 Å². The summed E-state index contributed by atoms with van der Waals surface area (Å²) in [5.41, 5.74) is 2.78. The molecule has 2 atom stereocenters. The second-order valence-electron chi connectivity index (χ2n) is 3.57. The summed E-state index contributed by atoms with van der Waals surface area (Å²) in [4.78, 5) is 8.39. The van der Waals surface area contributed by atoms with Crippen molar-refractivity contribution in [1.82, 2.24) is 9.97 Å². The Hall–Kier alpha value is -0.920. The van der Waals surface area contributed by atoms with Gasteiger partial charge < -0.3 is 0 Å². The highest BCUT2D eigenvalue weighted by Crippen LogP contribution is 2.51. The Morgan fingerprint density at radius 3 is 3.09 bits per heavy atom. The van der Waals surface area contributed by atoms with Crippen LogP contribution in [0.25, 0.3) is 0 Å². The van der Waals surface area contributed by atoms with Crippen LogP contribution in [-0.2, 0) is 0 Å². The minimum Gasteiger partial charge on any atom is -0.245 e. The predicted molar refractivity (Wildman–Crippen MR) is 41.4 cm³/mol. The van der Waals surface area contributed by atoms with E-state index >= 15 is 0 Å². The van der Waals surface area contributed by atoms with Crippen LogP contribution in [0.4, 0.5) is 0 Å². The van der Waals surface area contributed by atoms with Crippen LogP contribution >= 0.6 is 0 Å². The van der Waals surface area contributed by atoms with Crippen molar-refractivity contribution in [2.45, 2.75) is 31.1 Å². The molecule has 0 amide bonds. The molecule has 1 heterocycles. The first kappa shape index (κ1) is 5.70. The summed E-state index contributed by atoms with van der Waals surface area (Å²) < 4.78 is 0. The molecule has 2 unspecified atom stereocenters. The first-order valence-corrected chi connectivity index (χ1v) is 4.25. The van der Waals surface area contributed by atoms with Gasteiger partial charge in [0, 0.05) is 12.1 Å². The molecule has 0 aromatic carbocycles. The third-order valence-corrected chi connectivity index (χ3v) is 3.03. The standard InChI is InChI=1S/C9H10N2/c1-2-7-3-6(1)8-4-10-5-11-9(7)8/h4-7H,1-3H2. The molecule has 1 saturated carbocycles. The van der Waals surface area contributed by atoms with Gasteiger partial charge in [0.25, 0.3) is 0 Å². The van der Waals surface area contributed by atoms with E-state index in [4.69, 9.17) is 0 Å². The third kappa shape index (κ3) is 0.621. The van der Waals surface area contributed by atoms with Gasteiger partial charge in [0.2, 0.25) is 0 Å². The number of rotatable bonds is 0. The van der Waals surface area contributed by atoms with Crippen molar-refractivity contribution in [1.29, 1.82) is 0 Å². The molecule has 2 nitrogen and oxygen atoms in total. The molecule has 0 saturated heterocycles. The van der Waals surface area contributed by atoms with Gasteiger partial charge in [-0.05, 0) is 30.7 Å². The van der Waals surface area contributed by atoms with E-state index in [2.05, 4.69) is 9.97 Å². The summed E-state index contributed by atoms with van der Waals surface area (Å²) >= 11 is 0. The van der Waals surface area contributed by atoms with Gasteiger partial charge in [0.05, 0.1) is 5.69 Å². The summed E-state index contributed by atoms with van der Waals surface area (Å²) in [6, 6.07) is 0. The third-order valence-electron chi connectivity index (χ3n) is 3.03. The monoisotopic (exact) mass is 146 g/mol. The molecule has 2 aliphatic carbocycles. The fourth-order valence-electron chi connectivity index (χ4n) is 2.52. The molecule has 2 aliphatic rings. The van der Waals surface area contributed by atoms with E-state index in [9.17, 15) is 0 Å². The summed E-state index contributed by atoms with van der Waals surface area (Å²) in [5.74, 6) is 1.58. The Morgan fingerprint density at radius 2 is 2.18 bits per heavy atom. The van der Waals surface area contributed by atoms with Crippen molar-refractivity contribution in [2.75, 3.05) is 0 Å². The zero-order valence-electron chi connectivity index (χ0n) is 6.33. The molecular formula is C9H10N2. The minimum atomic E-state index is 0.776. The Labute approximate surface area is 65.7 Å². The SMILES string of the molecule is c1ncc2c(n1)C1CCC2C1. The molecule has 0 N–H and O–H groups in total. The number of hydrogen-bond acceptors (Lipinski definition) is 2. The van der Waals surface area contributed by atoms with E-state index in [-0.39, 0.29) is 0 Å². The maximum absolute atomic E-state index is 4.33. The number of aromatic nitrogens is 2. The number of hydrogen-bond donors (Lipinski definition) is 0. The van der Waals surface area contributed by atoms with Crippen molar-refractivity contribution >= 4 is 0 Å². The first-order valence-electron chi connectivity index (χ1n) is 4.25. The van der Waals surface area contributed by atoms with Crippen molar-refractivity contribution in [3.8, 4) is 0 Å². The van der Waals surface area contributed by atoms with E-state index in [1.807, 2.05) is 6.20 Å². The summed E-state index contributed by atoms with van der Waals surface area (Å²) in [6.45, 7) is 0. The average Bonchev–Trinajstić information content (AvgIpc) is 2.64. The van der Waals surface area contributed by atoms with Crippen molar-refractivity contribution < 1.29 is 0 Å². The van der Waals surface area contributed by atoms with Gasteiger partial charge in [0.1, 0.15) is 6.33 Å².